The van der Waals surface area contributed by atoms with E-state index in [4.69, 9.17) is 5.73 Å². The largest absolute Gasteiger partial charge is 0.443 e. The maximum atomic E-state index is 13.8. The Balaban J connectivity index is 2.70. The Labute approximate surface area is 121 Å². The molecule has 2 N–H and O–H groups in total. The maximum Gasteiger partial charge on any atom is 0.443 e. The molecule has 3 nitrogen and oxygen atoms in total. The molecule has 0 aliphatic rings. The first kappa shape index (κ1) is 15.4. The van der Waals surface area contributed by atoms with Crippen LogP contribution in [-0.2, 0) is 12.6 Å². The van der Waals surface area contributed by atoms with E-state index in [-0.39, 0.29) is 10.4 Å². The third-order valence-electron chi connectivity index (χ3n) is 2.86. The first-order chi connectivity index (χ1) is 9.75. The lowest BCUT2D eigenvalue weighted by Gasteiger charge is -2.11. The number of benzene rings is 1. The molecule has 1 aromatic heterocycles. The van der Waals surface area contributed by atoms with Gasteiger partial charge in [0, 0.05) is 11.8 Å². The second-order valence-corrected chi connectivity index (χ2v) is 5.23. The van der Waals surface area contributed by atoms with Crippen molar-refractivity contribution in [2.75, 3.05) is 0 Å². The fourth-order valence-corrected chi connectivity index (χ4v) is 2.83. The van der Waals surface area contributed by atoms with Gasteiger partial charge in [-0.2, -0.15) is 13.2 Å². The molecule has 1 heterocycles. The van der Waals surface area contributed by atoms with Crippen LogP contribution in [0.15, 0.2) is 18.3 Å². The minimum atomic E-state index is -4.59. The van der Waals surface area contributed by atoms with Crippen molar-refractivity contribution in [1.29, 1.82) is 0 Å². The van der Waals surface area contributed by atoms with Crippen molar-refractivity contribution in [3.8, 4) is 10.4 Å². The molecule has 0 saturated heterocycles. The van der Waals surface area contributed by atoms with E-state index in [2.05, 4.69) is 4.98 Å². The summed E-state index contributed by atoms with van der Waals surface area (Å²) in [6.45, 7) is 1.74. The molecule has 0 atom stereocenters. The van der Waals surface area contributed by atoms with Gasteiger partial charge in [0.2, 0.25) is 0 Å². The summed E-state index contributed by atoms with van der Waals surface area (Å²) in [5.41, 5.74) is 5.35. The Morgan fingerprint density at radius 1 is 1.38 bits per heavy atom. The van der Waals surface area contributed by atoms with Gasteiger partial charge in [-0.05, 0) is 18.1 Å². The fraction of sp³-hybridized carbons (Fsp3) is 0.231. The Kier molecular flexibility index (Phi) is 3.99. The van der Waals surface area contributed by atoms with E-state index in [9.17, 15) is 22.4 Å². The average molecular weight is 318 g/mol. The lowest BCUT2D eigenvalue weighted by molar-refractivity contribution is -0.137. The Hall–Kier alpha value is -1.96. The SMILES string of the molecule is CCc1ccc(F)c(C(N)=O)c1-c1cnc(C(F)(F)F)s1. The van der Waals surface area contributed by atoms with Crippen molar-refractivity contribution < 1.29 is 22.4 Å². The molecule has 0 radical (unpaired) electrons. The lowest BCUT2D eigenvalue weighted by Crippen LogP contribution is -2.15. The van der Waals surface area contributed by atoms with Gasteiger partial charge in [0.1, 0.15) is 5.82 Å². The number of primary amides is 1. The molecule has 2 rings (SSSR count). The fourth-order valence-electron chi connectivity index (χ4n) is 1.96. The first-order valence-electron chi connectivity index (χ1n) is 5.90. The molecule has 2 aromatic rings. The summed E-state index contributed by atoms with van der Waals surface area (Å²) in [5.74, 6) is -1.89. The van der Waals surface area contributed by atoms with Crippen LogP contribution in [0.5, 0.6) is 0 Å². The predicted molar refractivity (Wildman–Crippen MR) is 70.4 cm³/mol. The van der Waals surface area contributed by atoms with Crippen LogP contribution in [0.4, 0.5) is 17.6 Å². The molecular formula is C13H10F4N2OS. The van der Waals surface area contributed by atoms with E-state index in [0.717, 1.165) is 12.3 Å². The quantitative estimate of drug-likeness (QED) is 0.879. The molecule has 0 aliphatic heterocycles. The number of aryl methyl sites for hydroxylation is 1. The molecule has 8 heteroatoms. The highest BCUT2D eigenvalue weighted by molar-refractivity contribution is 7.15. The topological polar surface area (TPSA) is 56.0 Å². The third-order valence-corrected chi connectivity index (χ3v) is 3.92. The van der Waals surface area contributed by atoms with Gasteiger partial charge in [-0.15, -0.1) is 11.3 Å². The number of nitrogens with zero attached hydrogens (tertiary/aromatic N) is 1. The van der Waals surface area contributed by atoms with Crippen LogP contribution in [0.3, 0.4) is 0 Å². The van der Waals surface area contributed by atoms with Crippen molar-refractivity contribution in [3.05, 3.63) is 40.3 Å². The van der Waals surface area contributed by atoms with Crippen LogP contribution in [0.25, 0.3) is 10.4 Å². The molecule has 0 unspecified atom stereocenters. The number of alkyl halides is 3. The number of rotatable bonds is 3. The molecule has 1 amide bonds. The summed E-state index contributed by atoms with van der Waals surface area (Å²) in [7, 11) is 0. The molecule has 0 fully saturated rings. The van der Waals surface area contributed by atoms with Crippen molar-refractivity contribution in [1.82, 2.24) is 4.98 Å². The summed E-state index contributed by atoms with van der Waals surface area (Å²) in [4.78, 5) is 14.8. The Morgan fingerprint density at radius 2 is 2.05 bits per heavy atom. The molecular weight excluding hydrogens is 308 g/mol. The summed E-state index contributed by atoms with van der Waals surface area (Å²) in [5, 5.41) is -1.06. The monoisotopic (exact) mass is 318 g/mol. The summed E-state index contributed by atoms with van der Waals surface area (Å²) in [6.07, 6.45) is -3.20. The Morgan fingerprint density at radius 3 is 2.52 bits per heavy atom. The van der Waals surface area contributed by atoms with E-state index in [1.807, 2.05) is 0 Å². The number of thiazole rings is 1. The number of carbonyl (C=O) groups excluding carboxylic acids is 1. The van der Waals surface area contributed by atoms with Crippen molar-refractivity contribution in [2.24, 2.45) is 5.73 Å². The van der Waals surface area contributed by atoms with Gasteiger partial charge in [0.05, 0.1) is 10.4 Å². The van der Waals surface area contributed by atoms with Crippen LogP contribution in [0.1, 0.15) is 27.9 Å². The van der Waals surface area contributed by atoms with Gasteiger partial charge in [-0.3, -0.25) is 4.79 Å². The Bertz CT molecular complexity index is 694. The molecule has 1 aromatic carbocycles. The number of nitrogens with two attached hydrogens (primary N) is 1. The third kappa shape index (κ3) is 2.90. The van der Waals surface area contributed by atoms with Gasteiger partial charge < -0.3 is 5.73 Å². The maximum absolute atomic E-state index is 13.8. The number of hydrogen-bond donors (Lipinski definition) is 1. The normalized spacial score (nSPS) is 11.7. The zero-order valence-corrected chi connectivity index (χ0v) is 11.6. The second kappa shape index (κ2) is 5.44. The van der Waals surface area contributed by atoms with Gasteiger partial charge in [-0.25, -0.2) is 9.37 Å². The summed E-state index contributed by atoms with van der Waals surface area (Å²) < 4.78 is 51.7. The predicted octanol–water partition coefficient (Wildman–Crippen LogP) is 3.63. The van der Waals surface area contributed by atoms with E-state index < -0.39 is 28.5 Å². The minimum Gasteiger partial charge on any atom is -0.365 e. The van der Waals surface area contributed by atoms with Gasteiger partial charge >= 0.3 is 6.18 Å². The van der Waals surface area contributed by atoms with Crippen LogP contribution in [-0.4, -0.2) is 10.9 Å². The number of aromatic nitrogens is 1. The van der Waals surface area contributed by atoms with Crippen LogP contribution in [0, 0.1) is 5.82 Å². The highest BCUT2D eigenvalue weighted by Gasteiger charge is 2.35. The lowest BCUT2D eigenvalue weighted by atomic mass is 9.97. The number of amides is 1. The van der Waals surface area contributed by atoms with Crippen LogP contribution < -0.4 is 5.73 Å². The smallest absolute Gasteiger partial charge is 0.365 e. The van der Waals surface area contributed by atoms with E-state index in [1.165, 1.54) is 6.07 Å². The number of carbonyl (C=O) groups is 1. The zero-order valence-electron chi connectivity index (χ0n) is 10.8. The highest BCUT2D eigenvalue weighted by Crippen LogP contribution is 2.39. The van der Waals surface area contributed by atoms with E-state index in [1.54, 1.807) is 6.92 Å². The highest BCUT2D eigenvalue weighted by atomic mass is 32.1. The van der Waals surface area contributed by atoms with Crippen molar-refractivity contribution >= 4 is 17.2 Å². The minimum absolute atomic E-state index is 0.0625. The molecule has 112 valence electrons. The zero-order chi connectivity index (χ0) is 15.8. The van der Waals surface area contributed by atoms with Crippen LogP contribution >= 0.6 is 11.3 Å². The number of hydrogen-bond acceptors (Lipinski definition) is 3. The molecule has 0 aliphatic carbocycles. The molecule has 0 saturated carbocycles. The van der Waals surface area contributed by atoms with Crippen molar-refractivity contribution in [2.45, 2.75) is 19.5 Å². The van der Waals surface area contributed by atoms with Gasteiger partial charge in [-0.1, -0.05) is 13.0 Å². The van der Waals surface area contributed by atoms with E-state index in [0.29, 0.717) is 23.3 Å². The molecule has 0 bridgehead atoms. The van der Waals surface area contributed by atoms with E-state index >= 15 is 0 Å². The second-order valence-electron chi connectivity index (χ2n) is 4.20. The standard InChI is InChI=1S/C13H10F4N2OS/c1-2-6-3-4-7(14)10(11(18)20)9(6)8-5-19-12(21-8)13(15,16)17/h3-5H,2H2,1H3,(H2,18,20). The molecule has 0 spiro atoms. The molecule has 21 heavy (non-hydrogen) atoms. The first-order valence-corrected chi connectivity index (χ1v) is 6.72. The van der Waals surface area contributed by atoms with Crippen LogP contribution in [0.2, 0.25) is 0 Å². The average Bonchev–Trinajstić information content (AvgIpc) is 2.86. The summed E-state index contributed by atoms with van der Waals surface area (Å²) >= 11 is 0.352. The van der Waals surface area contributed by atoms with Gasteiger partial charge in [0.25, 0.3) is 5.91 Å². The summed E-state index contributed by atoms with van der Waals surface area (Å²) in [6, 6.07) is 2.50. The van der Waals surface area contributed by atoms with Crippen molar-refractivity contribution in [3.63, 3.8) is 0 Å². The van der Waals surface area contributed by atoms with Gasteiger partial charge in [0.15, 0.2) is 5.01 Å². The number of halogens is 4.